The van der Waals surface area contributed by atoms with Gasteiger partial charge in [0.15, 0.2) is 0 Å². The molecule has 0 saturated carbocycles. The van der Waals surface area contributed by atoms with E-state index in [4.69, 9.17) is 5.11 Å². The first-order valence-electron chi connectivity index (χ1n) is 4.39. The van der Waals surface area contributed by atoms with Gasteiger partial charge in [-0.25, -0.2) is 0 Å². The summed E-state index contributed by atoms with van der Waals surface area (Å²) in [5.74, 6) is 0.822. The first-order chi connectivity index (χ1) is 5.63. The molecule has 1 saturated heterocycles. The van der Waals surface area contributed by atoms with Gasteiger partial charge in [-0.3, -0.25) is 4.79 Å². The third kappa shape index (κ3) is 2.49. The molecule has 0 aromatic carbocycles. The molecule has 3 unspecified atom stereocenters. The lowest BCUT2D eigenvalue weighted by molar-refractivity contribution is -0.117. The maximum atomic E-state index is 10.8. The van der Waals surface area contributed by atoms with Crippen molar-refractivity contribution < 1.29 is 9.90 Å². The number of thioether (sulfide) groups is 1. The largest absolute Gasteiger partial charge is 0.395 e. The maximum Gasteiger partial charge on any atom is 0.130 e. The number of carbonyl (C=O) groups excluding carboxylic acids is 1. The molecule has 0 spiro atoms. The van der Waals surface area contributed by atoms with Gasteiger partial charge in [0.2, 0.25) is 0 Å². The molecule has 3 atom stereocenters. The normalized spacial score (nSPS) is 35.4. The molecule has 1 fully saturated rings. The lowest BCUT2D eigenvalue weighted by atomic mass is 10.0. The van der Waals surface area contributed by atoms with Crippen molar-refractivity contribution >= 4 is 17.5 Å². The standard InChI is InChI=1S/C9H16O2S/c1-6-3-8(4-7(2)11)12-9(6)5-10/h6,8-10H,3-5H2,1-2H3. The van der Waals surface area contributed by atoms with Gasteiger partial charge in [0.25, 0.3) is 0 Å². The number of aliphatic hydroxyl groups is 1. The van der Waals surface area contributed by atoms with E-state index in [-0.39, 0.29) is 12.4 Å². The van der Waals surface area contributed by atoms with Crippen LogP contribution >= 0.6 is 11.8 Å². The molecular formula is C9H16O2S. The van der Waals surface area contributed by atoms with Crippen LogP contribution in [0.3, 0.4) is 0 Å². The number of ketones is 1. The van der Waals surface area contributed by atoms with Gasteiger partial charge >= 0.3 is 0 Å². The highest BCUT2D eigenvalue weighted by molar-refractivity contribution is 8.00. The Kier molecular flexibility index (Phi) is 3.59. The second-order valence-corrected chi connectivity index (χ2v) is 5.14. The van der Waals surface area contributed by atoms with Crippen LogP contribution in [0, 0.1) is 5.92 Å². The molecular weight excluding hydrogens is 172 g/mol. The molecule has 12 heavy (non-hydrogen) atoms. The van der Waals surface area contributed by atoms with E-state index in [9.17, 15) is 4.79 Å². The van der Waals surface area contributed by atoms with Gasteiger partial charge in [-0.05, 0) is 19.3 Å². The summed E-state index contributed by atoms with van der Waals surface area (Å²) in [7, 11) is 0. The summed E-state index contributed by atoms with van der Waals surface area (Å²) in [4.78, 5) is 10.8. The average molecular weight is 188 g/mol. The highest BCUT2D eigenvalue weighted by Gasteiger charge is 2.31. The van der Waals surface area contributed by atoms with Crippen LogP contribution in [0.25, 0.3) is 0 Å². The molecule has 3 heteroatoms. The minimum Gasteiger partial charge on any atom is -0.395 e. The zero-order chi connectivity index (χ0) is 9.14. The minimum absolute atomic E-state index is 0.250. The van der Waals surface area contributed by atoms with Gasteiger partial charge in [-0.2, -0.15) is 11.8 Å². The summed E-state index contributed by atoms with van der Waals surface area (Å²) in [5, 5.41) is 9.79. The van der Waals surface area contributed by atoms with Crippen molar-refractivity contribution in [2.75, 3.05) is 6.61 Å². The van der Waals surface area contributed by atoms with Gasteiger partial charge in [0.05, 0.1) is 6.61 Å². The van der Waals surface area contributed by atoms with Gasteiger partial charge in [0.1, 0.15) is 5.78 Å². The van der Waals surface area contributed by atoms with Crippen LogP contribution in [0.15, 0.2) is 0 Å². The van der Waals surface area contributed by atoms with Gasteiger partial charge in [-0.15, -0.1) is 0 Å². The van der Waals surface area contributed by atoms with Crippen molar-refractivity contribution in [2.45, 2.75) is 37.2 Å². The van der Waals surface area contributed by atoms with Crippen LogP contribution in [0.1, 0.15) is 26.7 Å². The number of hydrogen-bond acceptors (Lipinski definition) is 3. The summed E-state index contributed by atoms with van der Waals surface area (Å²) in [6.45, 7) is 4.03. The van der Waals surface area contributed by atoms with Gasteiger partial charge in [-0.1, -0.05) is 6.92 Å². The molecule has 2 nitrogen and oxygen atoms in total. The van der Waals surface area contributed by atoms with E-state index in [0.717, 1.165) is 6.42 Å². The second kappa shape index (κ2) is 4.28. The summed E-state index contributed by atoms with van der Waals surface area (Å²) >= 11 is 1.78. The van der Waals surface area contributed by atoms with E-state index in [1.54, 1.807) is 18.7 Å². The molecule has 0 bridgehead atoms. The first-order valence-corrected chi connectivity index (χ1v) is 5.33. The summed E-state index contributed by atoms with van der Waals surface area (Å²) < 4.78 is 0. The lowest BCUT2D eigenvalue weighted by Crippen LogP contribution is -2.11. The van der Waals surface area contributed by atoms with Crippen molar-refractivity contribution in [2.24, 2.45) is 5.92 Å². The highest BCUT2D eigenvalue weighted by Crippen LogP contribution is 2.39. The van der Waals surface area contributed by atoms with Crippen molar-refractivity contribution in [3.63, 3.8) is 0 Å². The molecule has 0 radical (unpaired) electrons. The number of carbonyl (C=O) groups is 1. The Bertz CT molecular complexity index is 170. The topological polar surface area (TPSA) is 37.3 Å². The van der Waals surface area contributed by atoms with Gasteiger partial charge in [0, 0.05) is 16.9 Å². The number of Topliss-reactive ketones (excluding diaryl/α,β-unsaturated/α-hetero) is 1. The summed E-state index contributed by atoms with van der Waals surface area (Å²) in [6.07, 6.45) is 1.75. The predicted molar refractivity (Wildman–Crippen MR) is 51.3 cm³/mol. The molecule has 0 aromatic heterocycles. The molecule has 1 aliphatic rings. The van der Waals surface area contributed by atoms with E-state index >= 15 is 0 Å². The molecule has 0 aromatic rings. The van der Waals surface area contributed by atoms with Crippen LogP contribution < -0.4 is 0 Å². The highest BCUT2D eigenvalue weighted by atomic mass is 32.2. The quantitative estimate of drug-likeness (QED) is 0.728. The van der Waals surface area contributed by atoms with E-state index < -0.39 is 0 Å². The summed E-state index contributed by atoms with van der Waals surface area (Å²) in [6, 6.07) is 0. The molecule has 1 heterocycles. The number of hydrogen-bond donors (Lipinski definition) is 1. The zero-order valence-electron chi connectivity index (χ0n) is 7.62. The fraction of sp³-hybridized carbons (Fsp3) is 0.889. The Morgan fingerprint density at radius 3 is 2.75 bits per heavy atom. The Balaban J connectivity index is 2.37. The fourth-order valence-electron chi connectivity index (χ4n) is 1.68. The fourth-order valence-corrected chi connectivity index (χ4v) is 3.38. The van der Waals surface area contributed by atoms with Crippen molar-refractivity contribution in [3.8, 4) is 0 Å². The van der Waals surface area contributed by atoms with Crippen molar-refractivity contribution in [1.29, 1.82) is 0 Å². The molecule has 70 valence electrons. The smallest absolute Gasteiger partial charge is 0.130 e. The van der Waals surface area contributed by atoms with Crippen LogP contribution in [-0.4, -0.2) is 28.0 Å². The van der Waals surface area contributed by atoms with E-state index in [2.05, 4.69) is 6.92 Å². The molecule has 0 amide bonds. The van der Waals surface area contributed by atoms with Crippen LogP contribution in [-0.2, 0) is 4.79 Å². The van der Waals surface area contributed by atoms with E-state index in [0.29, 0.717) is 22.8 Å². The predicted octanol–water partition coefficient (Wildman–Crippen LogP) is 1.47. The van der Waals surface area contributed by atoms with E-state index in [1.165, 1.54) is 0 Å². The third-order valence-corrected chi connectivity index (χ3v) is 4.04. The van der Waals surface area contributed by atoms with Crippen molar-refractivity contribution in [1.82, 2.24) is 0 Å². The Morgan fingerprint density at radius 2 is 2.33 bits per heavy atom. The lowest BCUT2D eigenvalue weighted by Gasteiger charge is -2.08. The van der Waals surface area contributed by atoms with Crippen molar-refractivity contribution in [3.05, 3.63) is 0 Å². The monoisotopic (exact) mass is 188 g/mol. The molecule has 1 rings (SSSR count). The average Bonchev–Trinajstić information content (AvgIpc) is 2.29. The van der Waals surface area contributed by atoms with Crippen LogP contribution in [0.5, 0.6) is 0 Å². The Morgan fingerprint density at radius 1 is 1.67 bits per heavy atom. The third-order valence-electron chi connectivity index (χ3n) is 2.33. The number of aliphatic hydroxyl groups excluding tert-OH is 1. The second-order valence-electron chi connectivity index (χ2n) is 3.60. The van der Waals surface area contributed by atoms with Gasteiger partial charge < -0.3 is 5.11 Å². The first kappa shape index (κ1) is 10.1. The SMILES string of the molecule is CC(=O)CC1CC(C)C(CO)S1. The molecule has 0 aliphatic carbocycles. The summed E-state index contributed by atoms with van der Waals surface area (Å²) in [5.41, 5.74) is 0. The zero-order valence-corrected chi connectivity index (χ0v) is 8.43. The van der Waals surface area contributed by atoms with E-state index in [1.807, 2.05) is 0 Å². The van der Waals surface area contributed by atoms with Crippen LogP contribution in [0.2, 0.25) is 0 Å². The number of rotatable bonds is 3. The van der Waals surface area contributed by atoms with Crippen LogP contribution in [0.4, 0.5) is 0 Å². The Labute approximate surface area is 77.7 Å². The minimum atomic E-state index is 0.250. The molecule has 1 aliphatic heterocycles. The molecule has 1 N–H and O–H groups in total. The maximum absolute atomic E-state index is 10.8. The Hall–Kier alpha value is -0.0200.